The summed E-state index contributed by atoms with van der Waals surface area (Å²) in [4.78, 5) is 2.40. The maximum absolute atomic E-state index is 5.97. The van der Waals surface area contributed by atoms with Gasteiger partial charge in [-0.3, -0.25) is 0 Å². The van der Waals surface area contributed by atoms with Crippen LogP contribution in [0, 0.1) is 19.8 Å². The Morgan fingerprint density at radius 1 is 1.29 bits per heavy atom. The van der Waals surface area contributed by atoms with Crippen molar-refractivity contribution in [1.29, 1.82) is 0 Å². The van der Waals surface area contributed by atoms with E-state index in [1.54, 1.807) is 0 Å². The van der Waals surface area contributed by atoms with Crippen molar-refractivity contribution in [2.45, 2.75) is 33.1 Å². The van der Waals surface area contributed by atoms with Crippen LogP contribution in [0.2, 0.25) is 5.15 Å². The van der Waals surface area contributed by atoms with E-state index in [1.165, 1.54) is 31.5 Å². The molecule has 1 fully saturated rings. The predicted molar refractivity (Wildman–Crippen MR) is 70.4 cm³/mol. The monoisotopic (exact) mass is 253 g/mol. The molecule has 0 radical (unpaired) electrons. The van der Waals surface area contributed by atoms with Gasteiger partial charge in [-0.25, -0.2) is 0 Å². The van der Waals surface area contributed by atoms with Gasteiger partial charge in [-0.1, -0.05) is 11.6 Å². The normalized spacial score (nSPS) is 21.8. The predicted octanol–water partition coefficient (Wildman–Crippen LogP) is 2.63. The van der Waals surface area contributed by atoms with Gasteiger partial charge in [0.1, 0.15) is 0 Å². The molecule has 1 aromatic rings. The van der Waals surface area contributed by atoms with Crippen LogP contribution in [0.5, 0.6) is 0 Å². The molecule has 3 nitrogen and oxygen atoms in total. The van der Waals surface area contributed by atoms with Crippen LogP contribution in [0.25, 0.3) is 0 Å². The van der Waals surface area contributed by atoms with Gasteiger partial charge < -0.3 is 4.90 Å². The maximum atomic E-state index is 5.97. The van der Waals surface area contributed by atoms with Crippen LogP contribution in [-0.4, -0.2) is 35.2 Å². The Bertz CT molecular complexity index is 406. The summed E-state index contributed by atoms with van der Waals surface area (Å²) < 4.78 is 0. The molecule has 0 bridgehead atoms. The Morgan fingerprint density at radius 3 is 2.76 bits per heavy atom. The number of piperidine rings is 1. The number of aromatic nitrogens is 2. The van der Waals surface area contributed by atoms with E-state index in [0.29, 0.717) is 11.1 Å². The molecule has 0 aliphatic carbocycles. The van der Waals surface area contributed by atoms with Gasteiger partial charge in [-0.15, -0.1) is 5.10 Å². The molecule has 0 N–H and O–H groups in total. The quantitative estimate of drug-likeness (QED) is 0.812. The minimum atomic E-state index is 0.534. The second kappa shape index (κ2) is 5.32. The van der Waals surface area contributed by atoms with E-state index in [2.05, 4.69) is 29.1 Å². The SMILES string of the molecule is Cc1c(Cl)nnc(C[C@@H]2CCCN(C)C2)c1C. The Labute approximate surface area is 108 Å². The minimum absolute atomic E-state index is 0.534. The fourth-order valence-corrected chi connectivity index (χ4v) is 2.71. The van der Waals surface area contributed by atoms with Crippen LogP contribution in [0.1, 0.15) is 29.7 Å². The average molecular weight is 254 g/mol. The van der Waals surface area contributed by atoms with Crippen molar-refractivity contribution in [3.8, 4) is 0 Å². The van der Waals surface area contributed by atoms with E-state index in [0.717, 1.165) is 17.7 Å². The third-order valence-electron chi connectivity index (χ3n) is 3.77. The molecule has 1 aliphatic rings. The second-order valence-electron chi connectivity index (χ2n) is 5.16. The first-order chi connectivity index (χ1) is 8.08. The van der Waals surface area contributed by atoms with Crippen LogP contribution >= 0.6 is 11.6 Å². The number of likely N-dealkylation sites (tertiary alicyclic amines) is 1. The van der Waals surface area contributed by atoms with Gasteiger partial charge in [-0.05, 0) is 63.7 Å². The molecule has 1 saturated heterocycles. The topological polar surface area (TPSA) is 29.0 Å². The van der Waals surface area contributed by atoms with E-state index in [-0.39, 0.29) is 0 Å². The highest BCUT2D eigenvalue weighted by Crippen LogP contribution is 2.23. The van der Waals surface area contributed by atoms with E-state index in [4.69, 9.17) is 11.6 Å². The molecule has 1 aromatic heterocycles. The van der Waals surface area contributed by atoms with Crippen molar-refractivity contribution in [1.82, 2.24) is 15.1 Å². The lowest BCUT2D eigenvalue weighted by molar-refractivity contribution is 0.208. The molecule has 0 spiro atoms. The van der Waals surface area contributed by atoms with Gasteiger partial charge in [0.25, 0.3) is 0 Å². The molecule has 94 valence electrons. The highest BCUT2D eigenvalue weighted by Gasteiger charge is 2.19. The molecule has 2 rings (SSSR count). The number of rotatable bonds is 2. The number of hydrogen-bond acceptors (Lipinski definition) is 3. The van der Waals surface area contributed by atoms with Gasteiger partial charge in [0.15, 0.2) is 5.15 Å². The summed E-state index contributed by atoms with van der Waals surface area (Å²) >= 11 is 5.97. The summed E-state index contributed by atoms with van der Waals surface area (Å²) in [6.07, 6.45) is 3.62. The molecule has 0 aromatic carbocycles. The van der Waals surface area contributed by atoms with Gasteiger partial charge >= 0.3 is 0 Å². The Balaban J connectivity index is 2.10. The van der Waals surface area contributed by atoms with Crippen LogP contribution in [-0.2, 0) is 6.42 Å². The van der Waals surface area contributed by atoms with E-state index in [9.17, 15) is 0 Å². The first-order valence-electron chi connectivity index (χ1n) is 6.24. The number of nitrogens with zero attached hydrogens (tertiary/aromatic N) is 3. The standard InChI is InChI=1S/C13H20ClN3/c1-9-10(2)13(14)16-15-12(9)7-11-5-4-6-17(3)8-11/h11H,4-8H2,1-3H3/t11-/m0/s1. The van der Waals surface area contributed by atoms with Crippen molar-refractivity contribution in [3.05, 3.63) is 22.0 Å². The fraction of sp³-hybridized carbons (Fsp3) is 0.692. The molecule has 2 heterocycles. The maximum Gasteiger partial charge on any atom is 0.154 e. The average Bonchev–Trinajstić information content (AvgIpc) is 2.30. The highest BCUT2D eigenvalue weighted by molar-refractivity contribution is 6.30. The molecule has 0 amide bonds. The molecule has 4 heteroatoms. The first kappa shape index (κ1) is 12.8. The zero-order chi connectivity index (χ0) is 12.4. The van der Waals surface area contributed by atoms with Crippen LogP contribution in [0.15, 0.2) is 0 Å². The highest BCUT2D eigenvalue weighted by atomic mass is 35.5. The molecule has 1 aliphatic heterocycles. The van der Waals surface area contributed by atoms with Gasteiger partial charge in [-0.2, -0.15) is 5.10 Å². The van der Waals surface area contributed by atoms with Gasteiger partial charge in [0, 0.05) is 6.54 Å². The van der Waals surface area contributed by atoms with Crippen LogP contribution in [0.3, 0.4) is 0 Å². The summed E-state index contributed by atoms with van der Waals surface area (Å²) in [7, 11) is 2.19. The van der Waals surface area contributed by atoms with E-state index in [1.807, 2.05) is 6.92 Å². The fourth-order valence-electron chi connectivity index (χ4n) is 2.53. The molecular formula is C13H20ClN3. The lowest BCUT2D eigenvalue weighted by atomic mass is 9.92. The second-order valence-corrected chi connectivity index (χ2v) is 5.52. The van der Waals surface area contributed by atoms with Crippen LogP contribution in [0.4, 0.5) is 0 Å². The first-order valence-corrected chi connectivity index (χ1v) is 6.62. The van der Waals surface area contributed by atoms with E-state index < -0.39 is 0 Å². The lowest BCUT2D eigenvalue weighted by Gasteiger charge is -2.29. The molecule has 1 atom stereocenters. The summed E-state index contributed by atoms with van der Waals surface area (Å²) in [5.74, 6) is 0.710. The van der Waals surface area contributed by atoms with Gasteiger partial charge in [0.05, 0.1) is 5.69 Å². The summed E-state index contributed by atoms with van der Waals surface area (Å²) in [6, 6.07) is 0. The molecular weight excluding hydrogens is 234 g/mol. The van der Waals surface area contributed by atoms with Gasteiger partial charge in [0.2, 0.25) is 0 Å². The zero-order valence-corrected chi connectivity index (χ0v) is 11.6. The largest absolute Gasteiger partial charge is 0.306 e. The summed E-state index contributed by atoms with van der Waals surface area (Å²) in [5, 5.41) is 8.82. The van der Waals surface area contributed by atoms with Crippen molar-refractivity contribution in [3.63, 3.8) is 0 Å². The molecule has 0 unspecified atom stereocenters. The number of hydrogen-bond donors (Lipinski definition) is 0. The third kappa shape index (κ3) is 2.96. The lowest BCUT2D eigenvalue weighted by Crippen LogP contribution is -2.33. The van der Waals surface area contributed by atoms with E-state index >= 15 is 0 Å². The zero-order valence-electron chi connectivity index (χ0n) is 10.8. The Morgan fingerprint density at radius 2 is 2.06 bits per heavy atom. The Kier molecular flexibility index (Phi) is 4.00. The number of halogens is 1. The molecule has 0 saturated carbocycles. The van der Waals surface area contributed by atoms with Crippen molar-refractivity contribution in [2.75, 3.05) is 20.1 Å². The molecule has 17 heavy (non-hydrogen) atoms. The summed E-state index contributed by atoms with van der Waals surface area (Å²) in [6.45, 7) is 6.50. The van der Waals surface area contributed by atoms with Crippen molar-refractivity contribution < 1.29 is 0 Å². The van der Waals surface area contributed by atoms with Crippen molar-refractivity contribution >= 4 is 11.6 Å². The smallest absolute Gasteiger partial charge is 0.154 e. The van der Waals surface area contributed by atoms with Crippen molar-refractivity contribution in [2.24, 2.45) is 5.92 Å². The Hall–Kier alpha value is -0.670. The summed E-state index contributed by atoms with van der Waals surface area (Å²) in [5.41, 5.74) is 3.39. The minimum Gasteiger partial charge on any atom is -0.306 e. The van der Waals surface area contributed by atoms with Crippen LogP contribution < -0.4 is 0 Å². The third-order valence-corrected chi connectivity index (χ3v) is 4.13.